The minimum Gasteiger partial charge on any atom is -0.369 e. The predicted molar refractivity (Wildman–Crippen MR) is 94.8 cm³/mol. The summed E-state index contributed by atoms with van der Waals surface area (Å²) >= 11 is 2.39. The maximum Gasteiger partial charge on any atom is 0.162 e. The molecule has 1 aromatic heterocycles. The highest BCUT2D eigenvalue weighted by molar-refractivity contribution is 14.1. The summed E-state index contributed by atoms with van der Waals surface area (Å²) in [7, 11) is 0. The molecule has 0 bridgehead atoms. The Kier molecular flexibility index (Phi) is 5.82. The fourth-order valence-electron chi connectivity index (χ4n) is 2.91. The van der Waals surface area contributed by atoms with Gasteiger partial charge in [-0.15, -0.1) is 0 Å². The molecule has 0 radical (unpaired) electrons. The molecule has 0 amide bonds. The van der Waals surface area contributed by atoms with Gasteiger partial charge in [-0.05, 0) is 63.1 Å². The quantitative estimate of drug-likeness (QED) is 0.714. The van der Waals surface area contributed by atoms with Crippen molar-refractivity contribution in [2.75, 3.05) is 18.5 Å². The summed E-state index contributed by atoms with van der Waals surface area (Å²) in [6, 6.07) is 0. The van der Waals surface area contributed by atoms with E-state index in [9.17, 15) is 0 Å². The molecule has 0 aromatic carbocycles. The average Bonchev–Trinajstić information content (AvgIpc) is 2.95. The van der Waals surface area contributed by atoms with Gasteiger partial charge in [0, 0.05) is 19.1 Å². The zero-order valence-corrected chi connectivity index (χ0v) is 15.7. The Labute approximate surface area is 141 Å². The van der Waals surface area contributed by atoms with Crippen LogP contribution in [-0.4, -0.2) is 23.1 Å². The average molecular weight is 403 g/mol. The van der Waals surface area contributed by atoms with Crippen molar-refractivity contribution in [3.05, 3.63) is 15.1 Å². The maximum absolute atomic E-state index is 5.85. The number of anilines is 1. The van der Waals surface area contributed by atoms with Crippen LogP contribution in [0, 0.1) is 3.57 Å². The molecule has 2 rings (SSSR count). The van der Waals surface area contributed by atoms with Crippen LogP contribution in [-0.2, 0) is 10.3 Å². The predicted octanol–water partition coefficient (Wildman–Crippen LogP) is 4.44. The number of halogens is 1. The molecule has 0 atom stereocenters. The summed E-state index contributed by atoms with van der Waals surface area (Å²) in [6.07, 6.45) is 5.11. The summed E-state index contributed by atoms with van der Waals surface area (Å²) in [5.74, 6) is 2.33. The molecule has 0 unspecified atom stereocenters. The zero-order chi connectivity index (χ0) is 15.5. The van der Waals surface area contributed by atoms with Crippen LogP contribution in [0.1, 0.15) is 70.8 Å². The number of rotatable bonds is 6. The van der Waals surface area contributed by atoms with Gasteiger partial charge in [0.05, 0.1) is 9.26 Å². The number of nitrogens with zero attached hydrogens (tertiary/aromatic N) is 2. The lowest BCUT2D eigenvalue weighted by Gasteiger charge is -2.25. The SMILES string of the molecule is CCNc1nc(C(C)(C)OCC)nc(C2CCCC2)c1I. The van der Waals surface area contributed by atoms with E-state index in [2.05, 4.69) is 34.8 Å². The normalized spacial score (nSPS) is 16.4. The van der Waals surface area contributed by atoms with Crippen LogP contribution in [0.25, 0.3) is 0 Å². The third kappa shape index (κ3) is 3.86. The van der Waals surface area contributed by atoms with E-state index in [4.69, 9.17) is 14.7 Å². The van der Waals surface area contributed by atoms with Gasteiger partial charge in [0.1, 0.15) is 11.4 Å². The largest absolute Gasteiger partial charge is 0.369 e. The number of nitrogens with one attached hydrogen (secondary N) is 1. The lowest BCUT2D eigenvalue weighted by atomic mass is 10.0. The van der Waals surface area contributed by atoms with Crippen molar-refractivity contribution in [1.82, 2.24) is 9.97 Å². The summed E-state index contributed by atoms with van der Waals surface area (Å²) in [6.45, 7) is 9.74. The fraction of sp³-hybridized carbons (Fsp3) is 0.750. The van der Waals surface area contributed by atoms with Gasteiger partial charge in [-0.1, -0.05) is 12.8 Å². The van der Waals surface area contributed by atoms with Crippen molar-refractivity contribution >= 4 is 28.4 Å². The fourth-order valence-corrected chi connectivity index (χ4v) is 3.79. The second kappa shape index (κ2) is 7.22. The first-order valence-corrected chi connectivity index (χ1v) is 9.03. The second-order valence-corrected chi connectivity index (χ2v) is 7.13. The molecule has 0 aliphatic heterocycles. The Balaban J connectivity index is 2.45. The molecule has 0 spiro atoms. The zero-order valence-electron chi connectivity index (χ0n) is 13.5. The molecule has 1 fully saturated rings. The first-order valence-electron chi connectivity index (χ1n) is 7.95. The highest BCUT2D eigenvalue weighted by Gasteiger charge is 2.29. The number of hydrogen-bond acceptors (Lipinski definition) is 4. The topological polar surface area (TPSA) is 47.0 Å². The van der Waals surface area contributed by atoms with Gasteiger partial charge in [0.15, 0.2) is 5.82 Å². The minimum absolute atomic E-state index is 0.448. The van der Waals surface area contributed by atoms with Crippen LogP contribution in [0.3, 0.4) is 0 Å². The van der Waals surface area contributed by atoms with Gasteiger partial charge in [0.25, 0.3) is 0 Å². The Morgan fingerprint density at radius 1 is 1.24 bits per heavy atom. The molecule has 1 aliphatic rings. The van der Waals surface area contributed by atoms with Crippen molar-refractivity contribution in [3.8, 4) is 0 Å². The molecular formula is C16H26IN3O. The smallest absolute Gasteiger partial charge is 0.162 e. The summed E-state index contributed by atoms with van der Waals surface area (Å²) < 4.78 is 7.03. The van der Waals surface area contributed by atoms with Crippen LogP contribution in [0.2, 0.25) is 0 Å². The molecule has 1 N–H and O–H groups in total. The molecule has 118 valence electrons. The number of hydrogen-bond donors (Lipinski definition) is 1. The highest BCUT2D eigenvalue weighted by atomic mass is 127. The molecule has 1 aromatic rings. The lowest BCUT2D eigenvalue weighted by molar-refractivity contribution is -0.0209. The molecule has 1 aliphatic carbocycles. The molecule has 0 saturated heterocycles. The van der Waals surface area contributed by atoms with Crippen molar-refractivity contribution < 1.29 is 4.74 Å². The van der Waals surface area contributed by atoms with Crippen LogP contribution in [0.5, 0.6) is 0 Å². The first kappa shape index (κ1) is 16.9. The van der Waals surface area contributed by atoms with Crippen molar-refractivity contribution in [2.24, 2.45) is 0 Å². The van der Waals surface area contributed by atoms with Crippen LogP contribution >= 0.6 is 22.6 Å². The summed E-state index contributed by atoms with van der Waals surface area (Å²) in [5, 5.41) is 3.38. The van der Waals surface area contributed by atoms with Crippen molar-refractivity contribution in [3.63, 3.8) is 0 Å². The standard InChI is InChI=1S/C16H26IN3O/c1-5-18-14-12(17)13(11-9-7-8-10-11)19-15(20-14)16(3,4)21-6-2/h11H,5-10H2,1-4H3,(H,18,19,20). The van der Waals surface area contributed by atoms with Gasteiger partial charge < -0.3 is 10.1 Å². The molecular weight excluding hydrogens is 377 g/mol. The van der Waals surface area contributed by atoms with Crippen molar-refractivity contribution in [2.45, 2.75) is 64.9 Å². The maximum atomic E-state index is 5.85. The summed E-state index contributed by atoms with van der Waals surface area (Å²) in [5.41, 5.74) is 0.762. The molecule has 5 heteroatoms. The van der Waals surface area contributed by atoms with E-state index in [0.717, 1.165) is 18.2 Å². The van der Waals surface area contributed by atoms with Gasteiger partial charge in [0.2, 0.25) is 0 Å². The van der Waals surface area contributed by atoms with E-state index in [1.807, 2.05) is 20.8 Å². The van der Waals surface area contributed by atoms with Crippen LogP contribution in [0.15, 0.2) is 0 Å². The highest BCUT2D eigenvalue weighted by Crippen LogP contribution is 2.38. The van der Waals surface area contributed by atoms with Crippen molar-refractivity contribution in [1.29, 1.82) is 0 Å². The van der Waals surface area contributed by atoms with Gasteiger partial charge in [-0.3, -0.25) is 0 Å². The third-order valence-electron chi connectivity index (χ3n) is 4.01. The Morgan fingerprint density at radius 3 is 2.48 bits per heavy atom. The molecule has 1 heterocycles. The molecule has 1 saturated carbocycles. The van der Waals surface area contributed by atoms with Gasteiger partial charge in [-0.2, -0.15) is 0 Å². The van der Waals surface area contributed by atoms with E-state index >= 15 is 0 Å². The van der Waals surface area contributed by atoms with Crippen LogP contribution < -0.4 is 5.32 Å². The first-order chi connectivity index (χ1) is 9.99. The van der Waals surface area contributed by atoms with Gasteiger partial charge in [-0.25, -0.2) is 9.97 Å². The third-order valence-corrected chi connectivity index (χ3v) is 5.07. The second-order valence-electron chi connectivity index (χ2n) is 6.05. The summed E-state index contributed by atoms with van der Waals surface area (Å²) in [4.78, 5) is 9.63. The van der Waals surface area contributed by atoms with E-state index in [1.54, 1.807) is 0 Å². The number of ether oxygens (including phenoxy) is 1. The van der Waals surface area contributed by atoms with Crippen LogP contribution in [0.4, 0.5) is 5.82 Å². The van der Waals surface area contributed by atoms with E-state index < -0.39 is 5.60 Å². The monoisotopic (exact) mass is 403 g/mol. The lowest BCUT2D eigenvalue weighted by Crippen LogP contribution is -2.27. The Bertz CT molecular complexity index is 485. The van der Waals surface area contributed by atoms with E-state index in [0.29, 0.717) is 12.5 Å². The Morgan fingerprint density at radius 2 is 1.90 bits per heavy atom. The van der Waals surface area contributed by atoms with Gasteiger partial charge >= 0.3 is 0 Å². The molecule has 21 heavy (non-hydrogen) atoms. The van der Waals surface area contributed by atoms with E-state index in [-0.39, 0.29) is 0 Å². The minimum atomic E-state index is -0.448. The number of aromatic nitrogens is 2. The van der Waals surface area contributed by atoms with E-state index in [1.165, 1.54) is 34.9 Å². The molecule has 4 nitrogen and oxygen atoms in total. The Hall–Kier alpha value is -0.430.